The number of aliphatic hydroxyl groups excluding tert-OH is 1. The van der Waals surface area contributed by atoms with Gasteiger partial charge in [0.1, 0.15) is 0 Å². The zero-order valence-corrected chi connectivity index (χ0v) is 12.9. The molecule has 0 saturated heterocycles. The lowest BCUT2D eigenvalue weighted by molar-refractivity contribution is -0.384. The molecular weight excluding hydrogens is 344 g/mol. The molecule has 0 fully saturated rings. The molecule has 20 heavy (non-hydrogen) atoms. The highest BCUT2D eigenvalue weighted by atomic mass is 79.9. The summed E-state index contributed by atoms with van der Waals surface area (Å²) in [4.78, 5) is 11.3. The Labute approximate surface area is 128 Å². The van der Waals surface area contributed by atoms with Gasteiger partial charge in [0, 0.05) is 34.6 Å². The summed E-state index contributed by atoms with van der Waals surface area (Å²) in [6, 6.07) is 7.92. The molecule has 5 nitrogen and oxygen atoms in total. The third-order valence-electron chi connectivity index (χ3n) is 2.80. The van der Waals surface area contributed by atoms with Crippen molar-refractivity contribution in [3.63, 3.8) is 0 Å². The molecule has 7 heteroatoms. The molecule has 1 aromatic carbocycles. The Kier molecular flexibility index (Phi) is 5.24. The summed E-state index contributed by atoms with van der Waals surface area (Å²) in [7, 11) is 0. The first-order chi connectivity index (χ1) is 9.58. The molecule has 0 aliphatic heterocycles. The second kappa shape index (κ2) is 6.94. The van der Waals surface area contributed by atoms with Crippen molar-refractivity contribution in [2.75, 3.05) is 6.54 Å². The van der Waals surface area contributed by atoms with E-state index in [2.05, 4.69) is 21.2 Å². The molecule has 0 spiro atoms. The molecule has 0 aliphatic rings. The molecule has 1 heterocycles. The van der Waals surface area contributed by atoms with Gasteiger partial charge in [-0.3, -0.25) is 10.1 Å². The smallest absolute Gasteiger partial charge is 0.269 e. The van der Waals surface area contributed by atoms with Crippen LogP contribution in [-0.2, 0) is 6.54 Å². The molecule has 0 saturated carbocycles. The molecule has 2 rings (SSSR count). The van der Waals surface area contributed by atoms with Crippen LogP contribution in [0.25, 0.3) is 0 Å². The summed E-state index contributed by atoms with van der Waals surface area (Å²) in [5, 5.41) is 25.7. The molecule has 1 atom stereocenters. The summed E-state index contributed by atoms with van der Waals surface area (Å²) in [5.74, 6) is 0. The van der Waals surface area contributed by atoms with E-state index in [1.54, 1.807) is 23.5 Å². The predicted molar refractivity (Wildman–Crippen MR) is 81.8 cm³/mol. The average Bonchev–Trinajstić information content (AvgIpc) is 2.84. The molecule has 2 N–H and O–H groups in total. The highest BCUT2D eigenvalue weighted by molar-refractivity contribution is 9.10. The monoisotopic (exact) mass is 356 g/mol. The van der Waals surface area contributed by atoms with Crippen LogP contribution in [0.5, 0.6) is 0 Å². The largest absolute Gasteiger partial charge is 0.387 e. The summed E-state index contributed by atoms with van der Waals surface area (Å²) in [6.07, 6.45) is -0.686. The molecule has 0 amide bonds. The second-order valence-corrected chi connectivity index (χ2v) is 6.04. The minimum Gasteiger partial charge on any atom is -0.387 e. The van der Waals surface area contributed by atoms with Crippen LogP contribution in [0.4, 0.5) is 5.69 Å². The Morgan fingerprint density at radius 1 is 1.35 bits per heavy atom. The molecule has 106 valence electrons. The number of aliphatic hydroxyl groups is 1. The maximum Gasteiger partial charge on any atom is 0.269 e. The summed E-state index contributed by atoms with van der Waals surface area (Å²) in [5.41, 5.74) is 0.685. The first-order valence-corrected chi connectivity index (χ1v) is 7.60. The lowest BCUT2D eigenvalue weighted by Gasteiger charge is -2.11. The van der Waals surface area contributed by atoms with Crippen molar-refractivity contribution in [2.45, 2.75) is 12.6 Å². The minimum absolute atomic E-state index is 0.0245. The van der Waals surface area contributed by atoms with Gasteiger partial charge in [0.25, 0.3) is 5.69 Å². The topological polar surface area (TPSA) is 75.4 Å². The standard InChI is InChI=1S/C13H13BrN2O3S/c14-11-5-6-20-13(11)8-15-7-12(17)9-1-3-10(4-2-9)16(18)19/h1-6,12,15,17H,7-8H2. The zero-order valence-electron chi connectivity index (χ0n) is 10.5. The summed E-state index contributed by atoms with van der Waals surface area (Å²) < 4.78 is 1.06. The highest BCUT2D eigenvalue weighted by Crippen LogP contribution is 2.22. The van der Waals surface area contributed by atoms with Gasteiger partial charge in [-0.2, -0.15) is 0 Å². The Hall–Kier alpha value is -1.28. The van der Waals surface area contributed by atoms with E-state index in [-0.39, 0.29) is 5.69 Å². The third-order valence-corrected chi connectivity index (χ3v) is 4.73. The fraction of sp³-hybridized carbons (Fsp3) is 0.231. The maximum atomic E-state index is 10.5. The van der Waals surface area contributed by atoms with Gasteiger partial charge < -0.3 is 10.4 Å². The first-order valence-electron chi connectivity index (χ1n) is 5.93. The van der Waals surface area contributed by atoms with Gasteiger partial charge in [0.15, 0.2) is 0 Å². The van der Waals surface area contributed by atoms with Crippen molar-refractivity contribution in [1.82, 2.24) is 5.32 Å². The first kappa shape index (κ1) is 15.1. The number of nitrogens with zero attached hydrogens (tertiary/aromatic N) is 1. The van der Waals surface area contributed by atoms with Gasteiger partial charge in [-0.25, -0.2) is 0 Å². The fourth-order valence-corrected chi connectivity index (χ4v) is 3.17. The quantitative estimate of drug-likeness (QED) is 0.615. The number of halogens is 1. The van der Waals surface area contributed by atoms with Crippen LogP contribution in [0.3, 0.4) is 0 Å². The lowest BCUT2D eigenvalue weighted by atomic mass is 10.1. The number of benzene rings is 1. The number of non-ortho nitro benzene ring substituents is 1. The van der Waals surface area contributed by atoms with Crippen molar-refractivity contribution < 1.29 is 10.0 Å². The molecule has 0 aliphatic carbocycles. The number of nitro groups is 1. The molecule has 2 aromatic rings. The Morgan fingerprint density at radius 3 is 2.60 bits per heavy atom. The van der Waals surface area contributed by atoms with E-state index in [1.807, 2.05) is 11.4 Å². The number of thiophene rings is 1. The fourth-order valence-electron chi connectivity index (χ4n) is 1.71. The number of hydrogen-bond acceptors (Lipinski definition) is 5. The number of nitro benzene ring substituents is 1. The van der Waals surface area contributed by atoms with Crippen LogP contribution in [-0.4, -0.2) is 16.6 Å². The van der Waals surface area contributed by atoms with Crippen LogP contribution in [0.2, 0.25) is 0 Å². The van der Waals surface area contributed by atoms with E-state index in [9.17, 15) is 15.2 Å². The van der Waals surface area contributed by atoms with Gasteiger partial charge in [-0.15, -0.1) is 11.3 Å². The van der Waals surface area contributed by atoms with Crippen LogP contribution in [0.1, 0.15) is 16.5 Å². The Bertz CT molecular complexity index is 586. The van der Waals surface area contributed by atoms with Gasteiger partial charge in [-0.1, -0.05) is 0 Å². The second-order valence-electron chi connectivity index (χ2n) is 4.19. The molecule has 1 aromatic heterocycles. The SMILES string of the molecule is O=[N+]([O-])c1ccc(C(O)CNCc2sccc2Br)cc1. The van der Waals surface area contributed by atoms with Crippen molar-refractivity contribution in [1.29, 1.82) is 0 Å². The van der Waals surface area contributed by atoms with Crippen molar-refractivity contribution in [3.05, 3.63) is 60.7 Å². The molecule has 1 unspecified atom stereocenters. The van der Waals surface area contributed by atoms with Crippen molar-refractivity contribution >= 4 is 33.0 Å². The molecular formula is C13H13BrN2O3S. The van der Waals surface area contributed by atoms with Crippen LogP contribution in [0, 0.1) is 10.1 Å². The number of rotatable bonds is 6. The van der Waals surface area contributed by atoms with Crippen molar-refractivity contribution in [2.24, 2.45) is 0 Å². The Balaban J connectivity index is 1.87. The van der Waals surface area contributed by atoms with Crippen LogP contribution < -0.4 is 5.32 Å². The molecule has 0 bridgehead atoms. The highest BCUT2D eigenvalue weighted by Gasteiger charge is 2.10. The zero-order chi connectivity index (χ0) is 14.5. The molecule has 0 radical (unpaired) electrons. The van der Waals surface area contributed by atoms with Crippen LogP contribution >= 0.6 is 27.3 Å². The van der Waals surface area contributed by atoms with E-state index < -0.39 is 11.0 Å². The van der Waals surface area contributed by atoms with E-state index in [4.69, 9.17) is 0 Å². The van der Waals surface area contributed by atoms with E-state index >= 15 is 0 Å². The van der Waals surface area contributed by atoms with Gasteiger partial charge in [0.05, 0.1) is 11.0 Å². The normalized spacial score (nSPS) is 12.3. The lowest BCUT2D eigenvalue weighted by Crippen LogP contribution is -2.20. The van der Waals surface area contributed by atoms with E-state index in [1.165, 1.54) is 17.0 Å². The number of hydrogen-bond donors (Lipinski definition) is 2. The van der Waals surface area contributed by atoms with Crippen molar-refractivity contribution in [3.8, 4) is 0 Å². The minimum atomic E-state index is -0.686. The van der Waals surface area contributed by atoms with E-state index in [0.29, 0.717) is 18.7 Å². The number of nitrogens with one attached hydrogen (secondary N) is 1. The summed E-state index contributed by atoms with van der Waals surface area (Å²) in [6.45, 7) is 1.06. The predicted octanol–water partition coefficient (Wildman–Crippen LogP) is 3.24. The van der Waals surface area contributed by atoms with Gasteiger partial charge in [0.2, 0.25) is 0 Å². The maximum absolute atomic E-state index is 10.5. The van der Waals surface area contributed by atoms with E-state index in [0.717, 1.165) is 4.47 Å². The van der Waals surface area contributed by atoms with Gasteiger partial charge in [-0.05, 0) is 45.1 Å². The third kappa shape index (κ3) is 3.86. The van der Waals surface area contributed by atoms with Gasteiger partial charge >= 0.3 is 0 Å². The average molecular weight is 357 g/mol. The Morgan fingerprint density at radius 2 is 2.05 bits per heavy atom. The van der Waals surface area contributed by atoms with Crippen LogP contribution in [0.15, 0.2) is 40.2 Å². The summed E-state index contributed by atoms with van der Waals surface area (Å²) >= 11 is 5.08.